The molecule has 1 aliphatic heterocycles. The van der Waals surface area contributed by atoms with E-state index in [-0.39, 0.29) is 19.8 Å². The molecule has 5 atom stereocenters. The van der Waals surface area contributed by atoms with Crippen molar-refractivity contribution in [3.8, 4) is 0 Å². The van der Waals surface area contributed by atoms with Gasteiger partial charge in [-0.1, -0.05) is 66.7 Å². The van der Waals surface area contributed by atoms with Gasteiger partial charge in [-0.3, -0.25) is 0 Å². The first kappa shape index (κ1) is 21.6. The van der Waals surface area contributed by atoms with Gasteiger partial charge in [-0.15, -0.1) is 6.58 Å². The lowest BCUT2D eigenvalue weighted by Crippen LogP contribution is -2.54. The molecule has 3 rings (SSSR count). The maximum Gasteiger partial charge on any atom is 0.186 e. The predicted molar refractivity (Wildman–Crippen MR) is 108 cm³/mol. The van der Waals surface area contributed by atoms with Crippen LogP contribution in [0, 0.1) is 0 Å². The molecule has 0 radical (unpaired) electrons. The Morgan fingerprint density at radius 3 is 2.17 bits per heavy atom. The van der Waals surface area contributed by atoms with Crippen molar-refractivity contribution >= 4 is 0 Å². The quantitative estimate of drug-likeness (QED) is 0.597. The molecular weight excluding hydrogens is 372 g/mol. The summed E-state index contributed by atoms with van der Waals surface area (Å²) in [4.78, 5) is 0. The van der Waals surface area contributed by atoms with Gasteiger partial charge in [0.2, 0.25) is 0 Å². The van der Waals surface area contributed by atoms with Crippen molar-refractivity contribution in [2.24, 2.45) is 0 Å². The summed E-state index contributed by atoms with van der Waals surface area (Å²) < 4.78 is 23.3. The van der Waals surface area contributed by atoms with Crippen LogP contribution in [-0.2, 0) is 32.2 Å². The number of hydrogen-bond donors (Lipinski definition) is 2. The van der Waals surface area contributed by atoms with Crippen molar-refractivity contribution < 1.29 is 29.2 Å². The van der Waals surface area contributed by atoms with Crippen LogP contribution in [0.15, 0.2) is 73.3 Å². The maximum absolute atomic E-state index is 10.9. The zero-order valence-corrected chi connectivity index (χ0v) is 16.5. The van der Waals surface area contributed by atoms with Gasteiger partial charge in [0.15, 0.2) is 6.29 Å². The molecule has 0 saturated carbocycles. The molecule has 1 saturated heterocycles. The van der Waals surface area contributed by atoms with E-state index in [1.54, 1.807) is 0 Å². The van der Waals surface area contributed by atoms with Gasteiger partial charge < -0.3 is 29.2 Å². The van der Waals surface area contributed by atoms with Crippen molar-refractivity contribution in [1.29, 1.82) is 0 Å². The SMILES string of the molecule is C=C[C@@]1(OCc2ccccc2)[C@@H]([C@@H](CO)OCc2ccccc2)OC(OC)[C@@H]1O. The molecule has 2 aromatic rings. The Morgan fingerprint density at radius 2 is 1.66 bits per heavy atom. The molecule has 0 aliphatic carbocycles. The minimum absolute atomic E-state index is 0.233. The standard InChI is InChI=1S/C23H28O6/c1-3-23(28-16-18-12-8-5-9-13-18)20(25)22(26-2)29-21(23)19(14-24)27-15-17-10-6-4-7-11-17/h3-13,19-22,24-25H,1,14-16H2,2H3/t19-,20+,21-,22?,23+/m1/s1. The molecule has 156 valence electrons. The Kier molecular flexibility index (Phi) is 7.55. The molecule has 6 heteroatoms. The van der Waals surface area contributed by atoms with Crippen LogP contribution in [0.1, 0.15) is 11.1 Å². The summed E-state index contributed by atoms with van der Waals surface area (Å²) in [7, 11) is 1.44. The molecule has 29 heavy (non-hydrogen) atoms. The first-order valence-electron chi connectivity index (χ1n) is 9.58. The minimum Gasteiger partial charge on any atom is -0.394 e. The lowest BCUT2D eigenvalue weighted by atomic mass is 9.88. The maximum atomic E-state index is 10.9. The van der Waals surface area contributed by atoms with Crippen molar-refractivity contribution in [2.45, 2.75) is 43.4 Å². The number of aliphatic hydroxyl groups excluding tert-OH is 2. The number of benzene rings is 2. The highest BCUT2D eigenvalue weighted by Gasteiger charge is 2.58. The lowest BCUT2D eigenvalue weighted by Gasteiger charge is -2.36. The zero-order valence-electron chi connectivity index (χ0n) is 16.5. The van der Waals surface area contributed by atoms with E-state index in [4.69, 9.17) is 18.9 Å². The Morgan fingerprint density at radius 1 is 1.07 bits per heavy atom. The highest BCUT2D eigenvalue weighted by molar-refractivity contribution is 5.18. The van der Waals surface area contributed by atoms with E-state index < -0.39 is 30.2 Å². The Hall–Kier alpha value is -2.06. The number of methoxy groups -OCH3 is 1. The highest BCUT2D eigenvalue weighted by Crippen LogP contribution is 2.39. The van der Waals surface area contributed by atoms with Crippen molar-refractivity contribution in [1.82, 2.24) is 0 Å². The second-order valence-corrected chi connectivity index (χ2v) is 6.96. The fraction of sp³-hybridized carbons (Fsp3) is 0.391. The monoisotopic (exact) mass is 400 g/mol. The summed E-state index contributed by atoms with van der Waals surface area (Å²) in [6.45, 7) is 4.08. The fourth-order valence-corrected chi connectivity index (χ4v) is 3.53. The van der Waals surface area contributed by atoms with E-state index in [0.29, 0.717) is 0 Å². The molecule has 1 heterocycles. The van der Waals surface area contributed by atoms with Gasteiger partial charge >= 0.3 is 0 Å². The summed E-state index contributed by atoms with van der Waals surface area (Å²) in [5.41, 5.74) is 0.592. The summed E-state index contributed by atoms with van der Waals surface area (Å²) in [5.74, 6) is 0. The molecule has 0 amide bonds. The van der Waals surface area contributed by atoms with E-state index in [1.807, 2.05) is 60.7 Å². The number of aliphatic hydroxyl groups is 2. The van der Waals surface area contributed by atoms with Gasteiger partial charge in [0.05, 0.1) is 19.8 Å². The highest BCUT2D eigenvalue weighted by atomic mass is 16.7. The van der Waals surface area contributed by atoms with Crippen molar-refractivity contribution in [3.63, 3.8) is 0 Å². The summed E-state index contributed by atoms with van der Waals surface area (Å²) in [6, 6.07) is 19.2. The summed E-state index contributed by atoms with van der Waals surface area (Å²) >= 11 is 0. The van der Waals surface area contributed by atoms with E-state index in [1.165, 1.54) is 13.2 Å². The number of rotatable bonds is 10. The Balaban J connectivity index is 1.80. The number of hydrogen-bond acceptors (Lipinski definition) is 6. The third-order valence-electron chi connectivity index (χ3n) is 5.15. The van der Waals surface area contributed by atoms with Gasteiger partial charge in [-0.25, -0.2) is 0 Å². The van der Waals surface area contributed by atoms with Gasteiger partial charge in [0.1, 0.15) is 23.9 Å². The molecule has 0 bridgehead atoms. The number of ether oxygens (including phenoxy) is 4. The van der Waals surface area contributed by atoms with E-state index in [2.05, 4.69) is 6.58 Å². The lowest BCUT2D eigenvalue weighted by molar-refractivity contribution is -0.181. The molecule has 0 spiro atoms. The normalized spacial score (nSPS) is 27.6. The molecule has 1 fully saturated rings. The van der Waals surface area contributed by atoms with Crippen LogP contribution in [0.25, 0.3) is 0 Å². The second-order valence-electron chi connectivity index (χ2n) is 6.96. The largest absolute Gasteiger partial charge is 0.394 e. The first-order chi connectivity index (χ1) is 14.1. The van der Waals surface area contributed by atoms with Crippen LogP contribution in [0.5, 0.6) is 0 Å². The topological polar surface area (TPSA) is 77.4 Å². The van der Waals surface area contributed by atoms with Crippen LogP contribution >= 0.6 is 0 Å². The van der Waals surface area contributed by atoms with Gasteiger partial charge in [-0.05, 0) is 11.1 Å². The van der Waals surface area contributed by atoms with Gasteiger partial charge in [-0.2, -0.15) is 0 Å². The van der Waals surface area contributed by atoms with Crippen LogP contribution in [0.4, 0.5) is 0 Å². The molecule has 0 aromatic heterocycles. The van der Waals surface area contributed by atoms with Crippen molar-refractivity contribution in [3.05, 3.63) is 84.4 Å². The smallest absolute Gasteiger partial charge is 0.186 e. The van der Waals surface area contributed by atoms with Crippen LogP contribution in [0.2, 0.25) is 0 Å². The predicted octanol–water partition coefficient (Wildman–Crippen LogP) is 2.44. The average Bonchev–Trinajstić information content (AvgIpc) is 3.06. The van der Waals surface area contributed by atoms with E-state index >= 15 is 0 Å². The first-order valence-corrected chi connectivity index (χ1v) is 9.58. The average molecular weight is 400 g/mol. The van der Waals surface area contributed by atoms with Crippen LogP contribution < -0.4 is 0 Å². The fourth-order valence-electron chi connectivity index (χ4n) is 3.53. The molecule has 1 aliphatic rings. The third-order valence-corrected chi connectivity index (χ3v) is 5.15. The Labute approximate surface area is 171 Å². The third kappa shape index (κ3) is 4.75. The molecular formula is C23H28O6. The molecule has 2 aromatic carbocycles. The summed E-state index contributed by atoms with van der Waals surface area (Å²) in [6.07, 6.45) is -2.11. The van der Waals surface area contributed by atoms with E-state index in [9.17, 15) is 10.2 Å². The molecule has 6 nitrogen and oxygen atoms in total. The van der Waals surface area contributed by atoms with Crippen LogP contribution in [0.3, 0.4) is 0 Å². The van der Waals surface area contributed by atoms with Crippen molar-refractivity contribution in [2.75, 3.05) is 13.7 Å². The van der Waals surface area contributed by atoms with Gasteiger partial charge in [0.25, 0.3) is 0 Å². The van der Waals surface area contributed by atoms with Gasteiger partial charge in [0, 0.05) is 7.11 Å². The van der Waals surface area contributed by atoms with E-state index in [0.717, 1.165) is 11.1 Å². The minimum atomic E-state index is -1.30. The Bertz CT molecular complexity index is 752. The summed E-state index contributed by atoms with van der Waals surface area (Å²) in [5, 5.41) is 20.9. The second kappa shape index (κ2) is 10.1. The van der Waals surface area contributed by atoms with Crippen LogP contribution in [-0.4, -0.2) is 54.1 Å². The molecule has 2 N–H and O–H groups in total. The molecule has 1 unspecified atom stereocenters. The zero-order chi connectivity index (χ0) is 20.7.